The molecule has 1 N–H and O–H groups in total. The van der Waals surface area contributed by atoms with Gasteiger partial charge in [0.25, 0.3) is 0 Å². The van der Waals surface area contributed by atoms with Crippen LogP contribution in [-0.2, 0) is 0 Å². The Kier molecular flexibility index (Phi) is 5.87. The molecule has 0 aliphatic heterocycles. The van der Waals surface area contributed by atoms with E-state index in [0.717, 1.165) is 30.6 Å². The van der Waals surface area contributed by atoms with Gasteiger partial charge < -0.3 is 5.11 Å². The molecule has 1 saturated carbocycles. The second kappa shape index (κ2) is 8.09. The Bertz CT molecular complexity index is 631. The van der Waals surface area contributed by atoms with Crippen LogP contribution in [0.3, 0.4) is 0 Å². The molecule has 0 bridgehead atoms. The van der Waals surface area contributed by atoms with Gasteiger partial charge in [-0.2, -0.15) is 0 Å². The number of aliphatic hydroxyl groups is 1. The molecule has 2 aromatic carbocycles. The van der Waals surface area contributed by atoms with Crippen molar-refractivity contribution in [3.63, 3.8) is 0 Å². The van der Waals surface area contributed by atoms with Crippen LogP contribution in [0.2, 0.25) is 0 Å². The summed E-state index contributed by atoms with van der Waals surface area (Å²) in [5, 5.41) is 13.3. The third kappa shape index (κ3) is 4.66. The number of benzene rings is 2. The van der Waals surface area contributed by atoms with E-state index in [2.05, 4.69) is 53.9 Å². The highest BCUT2D eigenvalue weighted by molar-refractivity contribution is 8.06. The van der Waals surface area contributed by atoms with E-state index in [1.807, 2.05) is 12.1 Å². The van der Waals surface area contributed by atoms with Gasteiger partial charge in [-0.3, -0.25) is 0 Å². The van der Waals surface area contributed by atoms with E-state index in [1.54, 1.807) is 23.5 Å². The average molecular weight is 343 g/mol. The smallest absolute Gasteiger partial charge is 0.0963 e. The normalized spacial score (nSPS) is 17.9. The topological polar surface area (TPSA) is 20.2 Å². The Morgan fingerprint density at radius 2 is 1.39 bits per heavy atom. The fraction of sp³-hybridized carbons (Fsp3) is 0.300. The van der Waals surface area contributed by atoms with Gasteiger partial charge >= 0.3 is 0 Å². The van der Waals surface area contributed by atoms with E-state index in [9.17, 15) is 5.11 Å². The predicted octanol–water partition coefficient (Wildman–Crippen LogP) is 6.11. The van der Waals surface area contributed by atoms with Gasteiger partial charge in [-0.1, -0.05) is 79.2 Å². The summed E-state index contributed by atoms with van der Waals surface area (Å²) in [6, 6.07) is 20.7. The molecule has 3 heteroatoms. The molecule has 0 amide bonds. The summed E-state index contributed by atoms with van der Waals surface area (Å²) in [5.41, 5.74) is -0.666. The standard InChI is InChI=1S/C20H22OS2/c21-20(14-8-3-9-15-20)19(23-18-12-6-2-7-13-18)16-22-17-10-4-1-5-11-17/h1-2,4-7,10-13,16,21H,3,8-9,14-15H2. The van der Waals surface area contributed by atoms with Crippen LogP contribution >= 0.6 is 23.5 Å². The van der Waals surface area contributed by atoms with Crippen molar-refractivity contribution in [1.29, 1.82) is 0 Å². The minimum Gasteiger partial charge on any atom is -0.385 e. The second-order valence-electron chi connectivity index (χ2n) is 5.92. The summed E-state index contributed by atoms with van der Waals surface area (Å²) >= 11 is 3.40. The van der Waals surface area contributed by atoms with Crippen molar-refractivity contribution < 1.29 is 5.11 Å². The molecule has 0 atom stereocenters. The van der Waals surface area contributed by atoms with Crippen molar-refractivity contribution in [1.82, 2.24) is 0 Å². The van der Waals surface area contributed by atoms with Crippen LogP contribution in [0.4, 0.5) is 0 Å². The molecule has 0 aromatic heterocycles. The molecular formula is C20H22OS2. The lowest BCUT2D eigenvalue weighted by Gasteiger charge is -2.34. The molecule has 0 unspecified atom stereocenters. The Morgan fingerprint density at radius 1 is 0.826 bits per heavy atom. The summed E-state index contributed by atoms with van der Waals surface area (Å²) in [7, 11) is 0. The second-order valence-corrected chi connectivity index (χ2v) is 7.98. The lowest BCUT2D eigenvalue weighted by molar-refractivity contribution is 0.0478. The molecule has 3 rings (SSSR count). The monoisotopic (exact) mass is 342 g/mol. The van der Waals surface area contributed by atoms with Crippen LogP contribution in [0.1, 0.15) is 32.1 Å². The number of rotatable bonds is 5. The number of hydrogen-bond acceptors (Lipinski definition) is 3. The van der Waals surface area contributed by atoms with Gasteiger partial charge in [0.2, 0.25) is 0 Å². The van der Waals surface area contributed by atoms with Crippen molar-refractivity contribution in [3.8, 4) is 0 Å². The average Bonchev–Trinajstić information content (AvgIpc) is 2.61. The molecule has 0 radical (unpaired) electrons. The van der Waals surface area contributed by atoms with Crippen LogP contribution in [0, 0.1) is 0 Å². The molecule has 2 aromatic rings. The first-order valence-corrected chi connectivity index (χ1v) is 9.83. The van der Waals surface area contributed by atoms with Crippen LogP contribution in [0.5, 0.6) is 0 Å². The van der Waals surface area contributed by atoms with Gasteiger partial charge in [0.15, 0.2) is 0 Å². The summed E-state index contributed by atoms with van der Waals surface area (Å²) in [6.07, 6.45) is 5.19. The van der Waals surface area contributed by atoms with E-state index in [1.165, 1.54) is 16.2 Å². The molecule has 120 valence electrons. The molecule has 0 saturated heterocycles. The molecule has 1 aliphatic rings. The maximum Gasteiger partial charge on any atom is 0.0963 e. The molecule has 23 heavy (non-hydrogen) atoms. The molecule has 1 fully saturated rings. The van der Waals surface area contributed by atoms with E-state index < -0.39 is 5.60 Å². The van der Waals surface area contributed by atoms with Crippen molar-refractivity contribution in [2.75, 3.05) is 0 Å². The minimum absolute atomic E-state index is 0.666. The number of thioether (sulfide) groups is 2. The zero-order valence-corrected chi connectivity index (χ0v) is 14.8. The molecule has 0 spiro atoms. The molecule has 0 heterocycles. The van der Waals surface area contributed by atoms with E-state index >= 15 is 0 Å². The Morgan fingerprint density at radius 3 is 2.00 bits per heavy atom. The van der Waals surface area contributed by atoms with E-state index in [0.29, 0.717) is 0 Å². The fourth-order valence-corrected chi connectivity index (χ4v) is 4.90. The maximum atomic E-state index is 11.2. The van der Waals surface area contributed by atoms with Gasteiger partial charge in [0, 0.05) is 14.7 Å². The first-order valence-electron chi connectivity index (χ1n) is 8.14. The van der Waals surface area contributed by atoms with Crippen LogP contribution < -0.4 is 0 Å². The summed E-state index contributed by atoms with van der Waals surface area (Å²) < 4.78 is 0. The fourth-order valence-electron chi connectivity index (χ4n) is 2.85. The lowest BCUT2D eigenvalue weighted by Crippen LogP contribution is -2.32. The van der Waals surface area contributed by atoms with Gasteiger partial charge in [-0.25, -0.2) is 0 Å². The van der Waals surface area contributed by atoms with Gasteiger partial charge in [-0.05, 0) is 42.5 Å². The van der Waals surface area contributed by atoms with Gasteiger partial charge in [-0.15, -0.1) is 0 Å². The Labute approximate surface area is 147 Å². The SMILES string of the molecule is OC1(C(=CSc2ccccc2)Sc2ccccc2)CCCCC1. The van der Waals surface area contributed by atoms with E-state index in [4.69, 9.17) is 0 Å². The highest BCUT2D eigenvalue weighted by Gasteiger charge is 2.33. The Hall–Kier alpha value is -1.16. The van der Waals surface area contributed by atoms with Crippen LogP contribution in [0.15, 0.2) is 80.8 Å². The van der Waals surface area contributed by atoms with Crippen molar-refractivity contribution in [3.05, 3.63) is 71.0 Å². The highest BCUT2D eigenvalue weighted by atomic mass is 32.2. The van der Waals surface area contributed by atoms with Crippen LogP contribution in [-0.4, -0.2) is 10.7 Å². The molecular weight excluding hydrogens is 320 g/mol. The minimum atomic E-state index is -0.666. The third-order valence-corrected chi connectivity index (χ3v) is 6.43. The number of hydrogen-bond donors (Lipinski definition) is 1. The predicted molar refractivity (Wildman–Crippen MR) is 101 cm³/mol. The van der Waals surface area contributed by atoms with E-state index in [-0.39, 0.29) is 0 Å². The van der Waals surface area contributed by atoms with Gasteiger partial charge in [0.05, 0.1) is 5.60 Å². The van der Waals surface area contributed by atoms with Crippen molar-refractivity contribution in [2.45, 2.75) is 47.5 Å². The van der Waals surface area contributed by atoms with Gasteiger partial charge in [0.1, 0.15) is 0 Å². The summed E-state index contributed by atoms with van der Waals surface area (Å²) in [5.74, 6) is 0. The molecule has 1 aliphatic carbocycles. The van der Waals surface area contributed by atoms with Crippen molar-refractivity contribution >= 4 is 23.5 Å². The quantitative estimate of drug-likeness (QED) is 0.662. The van der Waals surface area contributed by atoms with Crippen molar-refractivity contribution in [2.24, 2.45) is 0 Å². The summed E-state index contributed by atoms with van der Waals surface area (Å²) in [6.45, 7) is 0. The zero-order chi connectivity index (χ0) is 16.0. The summed E-state index contributed by atoms with van der Waals surface area (Å²) in [4.78, 5) is 3.47. The first-order chi connectivity index (χ1) is 11.3. The van der Waals surface area contributed by atoms with Crippen LogP contribution in [0.25, 0.3) is 0 Å². The maximum absolute atomic E-state index is 11.2. The highest BCUT2D eigenvalue weighted by Crippen LogP contribution is 2.44. The third-order valence-electron chi connectivity index (χ3n) is 4.16. The Balaban J connectivity index is 1.83. The lowest BCUT2D eigenvalue weighted by atomic mass is 9.85. The molecule has 1 nitrogen and oxygen atoms in total. The largest absolute Gasteiger partial charge is 0.385 e. The first kappa shape index (κ1) is 16.7. The zero-order valence-electron chi connectivity index (χ0n) is 13.2.